The minimum atomic E-state index is 0.258. The summed E-state index contributed by atoms with van der Waals surface area (Å²) in [5, 5.41) is 0. The minimum Gasteiger partial charge on any atom is -0.464 e. The highest BCUT2D eigenvalue weighted by atomic mass is 16.5. The van der Waals surface area contributed by atoms with Crippen LogP contribution in [0.25, 0.3) is 0 Å². The Labute approximate surface area is 102 Å². The molecule has 1 atom stereocenters. The lowest BCUT2D eigenvalue weighted by Gasteiger charge is -2.21. The molecule has 4 heteroatoms. The molecule has 1 aromatic heterocycles. The van der Waals surface area contributed by atoms with Crippen molar-refractivity contribution in [2.24, 2.45) is 5.73 Å². The number of hydrogen-bond acceptors (Lipinski definition) is 4. The Balaban J connectivity index is 1.73. The van der Waals surface area contributed by atoms with Crippen LogP contribution in [-0.4, -0.2) is 19.3 Å². The lowest BCUT2D eigenvalue weighted by atomic mass is 10.1. The highest BCUT2D eigenvalue weighted by Crippen LogP contribution is 2.16. The molecule has 0 radical (unpaired) electrons. The lowest BCUT2D eigenvalue weighted by Crippen LogP contribution is -2.24. The topological polar surface area (TPSA) is 57.6 Å². The molecule has 0 amide bonds. The molecule has 17 heavy (non-hydrogen) atoms. The minimum absolute atomic E-state index is 0.258. The molecule has 2 N–H and O–H groups in total. The number of nitrogens with two attached hydrogens (primary N) is 1. The number of rotatable bonds is 5. The van der Waals surface area contributed by atoms with Gasteiger partial charge in [0.1, 0.15) is 18.1 Å². The molecule has 4 nitrogen and oxygen atoms in total. The maximum atomic E-state index is 5.61. The summed E-state index contributed by atoms with van der Waals surface area (Å²) in [6.45, 7) is 4.46. The van der Waals surface area contributed by atoms with Gasteiger partial charge in [-0.3, -0.25) is 0 Å². The third-order valence-corrected chi connectivity index (χ3v) is 3.11. The average Bonchev–Trinajstić information content (AvgIpc) is 2.71. The van der Waals surface area contributed by atoms with Crippen LogP contribution in [0.1, 0.15) is 36.3 Å². The first-order chi connectivity index (χ1) is 8.29. The average molecular weight is 239 g/mol. The monoisotopic (exact) mass is 239 g/mol. The molecule has 0 aromatic carbocycles. The molecule has 1 unspecified atom stereocenters. The van der Waals surface area contributed by atoms with Gasteiger partial charge >= 0.3 is 0 Å². The molecule has 1 fully saturated rings. The second-order valence-corrected chi connectivity index (χ2v) is 4.50. The van der Waals surface area contributed by atoms with Gasteiger partial charge in [0.2, 0.25) is 0 Å². The van der Waals surface area contributed by atoms with Gasteiger partial charge in [-0.1, -0.05) is 0 Å². The first-order valence-corrected chi connectivity index (χ1v) is 6.27. The summed E-state index contributed by atoms with van der Waals surface area (Å²) < 4.78 is 16.8. The molecule has 96 valence electrons. The van der Waals surface area contributed by atoms with Gasteiger partial charge in [0, 0.05) is 18.7 Å². The van der Waals surface area contributed by atoms with Gasteiger partial charge in [-0.15, -0.1) is 0 Å². The van der Waals surface area contributed by atoms with Gasteiger partial charge in [-0.05, 0) is 32.3 Å². The summed E-state index contributed by atoms with van der Waals surface area (Å²) in [4.78, 5) is 0. The highest BCUT2D eigenvalue weighted by Gasteiger charge is 2.14. The van der Waals surface area contributed by atoms with Crippen molar-refractivity contribution in [2.75, 3.05) is 13.2 Å². The smallest absolute Gasteiger partial charge is 0.130 e. The van der Waals surface area contributed by atoms with Crippen molar-refractivity contribution in [3.8, 4) is 0 Å². The van der Waals surface area contributed by atoms with Gasteiger partial charge in [0.05, 0.1) is 12.7 Å². The van der Waals surface area contributed by atoms with E-state index >= 15 is 0 Å². The molecule has 1 saturated heterocycles. The van der Waals surface area contributed by atoms with Crippen LogP contribution in [0.15, 0.2) is 10.5 Å². The van der Waals surface area contributed by atoms with Gasteiger partial charge in [0.25, 0.3) is 0 Å². The molecule has 1 aliphatic heterocycles. The SMILES string of the molecule is Cc1oc(COCC2CCCCO2)cc1CN. The van der Waals surface area contributed by atoms with E-state index in [0.29, 0.717) is 19.8 Å². The molecular formula is C13H21NO3. The van der Waals surface area contributed by atoms with Gasteiger partial charge in [-0.2, -0.15) is 0 Å². The first-order valence-electron chi connectivity index (χ1n) is 6.27. The Morgan fingerprint density at radius 3 is 3.00 bits per heavy atom. The van der Waals surface area contributed by atoms with Crippen LogP contribution < -0.4 is 5.73 Å². The number of ether oxygens (including phenoxy) is 2. The van der Waals surface area contributed by atoms with E-state index in [1.165, 1.54) is 12.8 Å². The van der Waals surface area contributed by atoms with Gasteiger partial charge in [0.15, 0.2) is 0 Å². The highest BCUT2D eigenvalue weighted by molar-refractivity contribution is 5.19. The second kappa shape index (κ2) is 6.19. The van der Waals surface area contributed by atoms with Crippen LogP contribution in [0.2, 0.25) is 0 Å². The summed E-state index contributed by atoms with van der Waals surface area (Å²) >= 11 is 0. The van der Waals surface area contributed by atoms with E-state index in [-0.39, 0.29) is 6.10 Å². The van der Waals surface area contributed by atoms with Crippen LogP contribution in [0, 0.1) is 6.92 Å². The predicted octanol–water partition coefficient (Wildman–Crippen LogP) is 2.13. The first kappa shape index (κ1) is 12.6. The fourth-order valence-electron chi connectivity index (χ4n) is 2.09. The van der Waals surface area contributed by atoms with E-state index in [1.807, 2.05) is 13.0 Å². The Kier molecular flexibility index (Phi) is 4.59. The summed E-state index contributed by atoms with van der Waals surface area (Å²) in [6, 6.07) is 1.97. The third kappa shape index (κ3) is 3.56. The Morgan fingerprint density at radius 2 is 2.35 bits per heavy atom. The Bertz CT molecular complexity index is 342. The lowest BCUT2D eigenvalue weighted by molar-refractivity contribution is -0.0472. The maximum Gasteiger partial charge on any atom is 0.130 e. The van der Waals surface area contributed by atoms with E-state index < -0.39 is 0 Å². The predicted molar refractivity (Wildman–Crippen MR) is 64.6 cm³/mol. The maximum absolute atomic E-state index is 5.61. The summed E-state index contributed by atoms with van der Waals surface area (Å²) in [7, 11) is 0. The molecule has 0 aliphatic carbocycles. The van der Waals surface area contributed by atoms with E-state index in [0.717, 1.165) is 30.1 Å². The number of aryl methyl sites for hydroxylation is 1. The fourth-order valence-corrected chi connectivity index (χ4v) is 2.09. The van der Waals surface area contributed by atoms with E-state index in [1.54, 1.807) is 0 Å². The van der Waals surface area contributed by atoms with E-state index in [4.69, 9.17) is 19.6 Å². The van der Waals surface area contributed by atoms with E-state index in [2.05, 4.69) is 0 Å². The van der Waals surface area contributed by atoms with Crippen molar-refractivity contribution >= 4 is 0 Å². The van der Waals surface area contributed by atoms with E-state index in [9.17, 15) is 0 Å². The molecule has 2 heterocycles. The van der Waals surface area contributed by atoms with Crippen molar-refractivity contribution in [3.05, 3.63) is 23.2 Å². The molecular weight excluding hydrogens is 218 g/mol. The van der Waals surface area contributed by atoms with Crippen LogP contribution in [0.3, 0.4) is 0 Å². The number of furan rings is 1. The molecule has 0 spiro atoms. The van der Waals surface area contributed by atoms with Gasteiger partial charge in [-0.25, -0.2) is 0 Å². The summed E-state index contributed by atoms with van der Waals surface area (Å²) in [6.07, 6.45) is 3.78. The van der Waals surface area contributed by atoms with Crippen molar-refractivity contribution in [2.45, 2.75) is 45.4 Å². The quantitative estimate of drug-likeness (QED) is 0.855. The zero-order chi connectivity index (χ0) is 12.1. The normalized spacial score (nSPS) is 20.7. The third-order valence-electron chi connectivity index (χ3n) is 3.11. The Hall–Kier alpha value is -0.840. The van der Waals surface area contributed by atoms with Crippen molar-refractivity contribution < 1.29 is 13.9 Å². The van der Waals surface area contributed by atoms with Crippen LogP contribution in [0.4, 0.5) is 0 Å². The molecule has 2 rings (SSSR count). The van der Waals surface area contributed by atoms with Crippen molar-refractivity contribution in [1.29, 1.82) is 0 Å². The number of hydrogen-bond donors (Lipinski definition) is 1. The largest absolute Gasteiger partial charge is 0.464 e. The molecule has 0 bridgehead atoms. The summed E-state index contributed by atoms with van der Waals surface area (Å²) in [5.74, 6) is 1.73. The molecule has 1 aliphatic rings. The summed E-state index contributed by atoms with van der Waals surface area (Å²) in [5.41, 5.74) is 6.64. The zero-order valence-corrected chi connectivity index (χ0v) is 10.4. The van der Waals surface area contributed by atoms with Crippen LogP contribution in [-0.2, 0) is 22.6 Å². The van der Waals surface area contributed by atoms with Crippen molar-refractivity contribution in [3.63, 3.8) is 0 Å². The molecule has 0 saturated carbocycles. The Morgan fingerprint density at radius 1 is 1.47 bits per heavy atom. The van der Waals surface area contributed by atoms with Gasteiger partial charge < -0.3 is 19.6 Å². The van der Waals surface area contributed by atoms with Crippen molar-refractivity contribution in [1.82, 2.24) is 0 Å². The fraction of sp³-hybridized carbons (Fsp3) is 0.692. The molecule has 1 aromatic rings. The van der Waals surface area contributed by atoms with Crippen LogP contribution in [0.5, 0.6) is 0 Å². The zero-order valence-electron chi connectivity index (χ0n) is 10.4. The van der Waals surface area contributed by atoms with Crippen LogP contribution >= 0.6 is 0 Å². The standard InChI is InChI=1S/C13H21NO3/c1-10-11(7-14)6-13(17-10)9-15-8-12-4-2-3-5-16-12/h6,12H,2-5,7-9,14H2,1H3. The second-order valence-electron chi connectivity index (χ2n) is 4.50.